The first-order valence-electron chi connectivity index (χ1n) is 11.7. The van der Waals surface area contributed by atoms with Crippen LogP contribution in [0.5, 0.6) is 0 Å². The molecule has 1 unspecified atom stereocenters. The highest BCUT2D eigenvalue weighted by Gasteiger charge is 2.39. The largest absolute Gasteiger partial charge is 0.296 e. The topological polar surface area (TPSA) is 109 Å². The molecule has 1 saturated heterocycles. The molecule has 1 aliphatic rings. The molecule has 3 aromatic carbocycles. The molecule has 0 spiro atoms. The number of nitrogens with one attached hydrogen (secondary N) is 1. The molecule has 0 saturated carbocycles. The molecular formula is C27H24N4O4S2. The molecule has 10 heteroatoms. The molecule has 37 heavy (non-hydrogen) atoms. The fourth-order valence-corrected chi connectivity index (χ4v) is 6.48. The third-order valence-electron chi connectivity index (χ3n) is 6.20. The molecular weight excluding hydrogens is 508 g/mol. The van der Waals surface area contributed by atoms with Crippen LogP contribution in [0, 0.1) is 6.92 Å². The molecule has 1 aliphatic heterocycles. The number of nitrogens with zero attached hydrogens (tertiary/aromatic N) is 3. The maximum absolute atomic E-state index is 13.3. The molecule has 8 nitrogen and oxygen atoms in total. The van der Waals surface area contributed by atoms with Crippen LogP contribution in [-0.2, 0) is 21.2 Å². The van der Waals surface area contributed by atoms with Gasteiger partial charge < -0.3 is 0 Å². The van der Waals surface area contributed by atoms with Gasteiger partial charge in [0.15, 0.2) is 0 Å². The van der Waals surface area contributed by atoms with E-state index >= 15 is 0 Å². The number of aromatic nitrogens is 2. The van der Waals surface area contributed by atoms with E-state index in [2.05, 4.69) is 15.5 Å². The van der Waals surface area contributed by atoms with Crippen LogP contribution in [0.1, 0.15) is 44.4 Å². The summed E-state index contributed by atoms with van der Waals surface area (Å²) in [6.07, 6.45) is 0.709. The van der Waals surface area contributed by atoms with E-state index in [1.54, 1.807) is 0 Å². The first-order valence-corrected chi connectivity index (χ1v) is 13.9. The van der Waals surface area contributed by atoms with Gasteiger partial charge in [-0.2, -0.15) is 0 Å². The van der Waals surface area contributed by atoms with Gasteiger partial charge in [0.25, 0.3) is 15.9 Å². The van der Waals surface area contributed by atoms with Crippen LogP contribution in [0.4, 0.5) is 5.13 Å². The highest BCUT2D eigenvalue weighted by atomic mass is 32.2. The Bertz CT molecular complexity index is 1550. The van der Waals surface area contributed by atoms with Crippen molar-refractivity contribution in [1.29, 1.82) is 0 Å². The Morgan fingerprint density at radius 3 is 2.54 bits per heavy atom. The Morgan fingerprint density at radius 1 is 1.03 bits per heavy atom. The summed E-state index contributed by atoms with van der Waals surface area (Å²) in [7, 11) is -4.11. The molecule has 2 heterocycles. The van der Waals surface area contributed by atoms with E-state index in [9.17, 15) is 18.0 Å². The van der Waals surface area contributed by atoms with Gasteiger partial charge in [-0.05, 0) is 36.2 Å². The standard InChI is InChI=1S/C27H24N4O4S2/c1-18-10-12-19(13-11-18)14-24-29-30-27(36-24)28-26(33)21-8-5-9-23(15-21)37(34,35)31-17-22(16-25(31)32)20-6-3-2-4-7-20/h2-13,15,22H,14,16-17H2,1H3,(H,28,30,33). The lowest BCUT2D eigenvalue weighted by atomic mass is 9.99. The first kappa shape index (κ1) is 24.8. The lowest BCUT2D eigenvalue weighted by Gasteiger charge is -2.17. The van der Waals surface area contributed by atoms with Gasteiger partial charge >= 0.3 is 0 Å². The summed E-state index contributed by atoms with van der Waals surface area (Å²) in [5.41, 5.74) is 3.31. The van der Waals surface area contributed by atoms with Gasteiger partial charge in [0, 0.05) is 30.9 Å². The Morgan fingerprint density at radius 2 is 1.78 bits per heavy atom. The summed E-state index contributed by atoms with van der Waals surface area (Å²) in [4.78, 5) is 25.4. The molecule has 0 aliphatic carbocycles. The summed E-state index contributed by atoms with van der Waals surface area (Å²) in [6, 6.07) is 23.1. The average molecular weight is 533 g/mol. The third kappa shape index (κ3) is 5.45. The smallest absolute Gasteiger partial charge is 0.266 e. The van der Waals surface area contributed by atoms with Crippen LogP contribution in [0.2, 0.25) is 0 Å². The molecule has 0 radical (unpaired) electrons. The number of anilines is 1. The maximum Gasteiger partial charge on any atom is 0.266 e. The molecule has 1 aromatic heterocycles. The van der Waals surface area contributed by atoms with Gasteiger partial charge in [0.2, 0.25) is 11.0 Å². The summed E-state index contributed by atoms with van der Waals surface area (Å²) >= 11 is 1.26. The molecule has 0 bridgehead atoms. The van der Waals surface area contributed by atoms with Crippen molar-refractivity contribution in [1.82, 2.24) is 14.5 Å². The Balaban J connectivity index is 1.29. The number of hydrogen-bond acceptors (Lipinski definition) is 7. The number of amides is 2. The second kappa shape index (κ2) is 10.2. The van der Waals surface area contributed by atoms with E-state index in [-0.39, 0.29) is 29.3 Å². The minimum atomic E-state index is -4.11. The van der Waals surface area contributed by atoms with Gasteiger partial charge in [0.05, 0.1) is 4.90 Å². The van der Waals surface area contributed by atoms with E-state index in [1.165, 1.54) is 41.2 Å². The zero-order chi connectivity index (χ0) is 26.0. The van der Waals surface area contributed by atoms with Crippen molar-refractivity contribution in [3.05, 3.63) is 106 Å². The zero-order valence-electron chi connectivity index (χ0n) is 20.0. The Kier molecular flexibility index (Phi) is 6.86. The van der Waals surface area contributed by atoms with Gasteiger partial charge in [-0.3, -0.25) is 14.9 Å². The molecule has 188 valence electrons. The van der Waals surface area contributed by atoms with Crippen molar-refractivity contribution in [3.63, 3.8) is 0 Å². The summed E-state index contributed by atoms with van der Waals surface area (Å²) in [6.45, 7) is 2.09. The Hall–Kier alpha value is -3.89. The van der Waals surface area contributed by atoms with Crippen molar-refractivity contribution in [2.45, 2.75) is 30.6 Å². The van der Waals surface area contributed by atoms with Gasteiger partial charge in [-0.15, -0.1) is 10.2 Å². The molecule has 1 atom stereocenters. The highest BCUT2D eigenvalue weighted by molar-refractivity contribution is 7.89. The minimum Gasteiger partial charge on any atom is -0.296 e. The number of hydrogen-bond donors (Lipinski definition) is 1. The third-order valence-corrected chi connectivity index (χ3v) is 8.83. The number of rotatable bonds is 7. The van der Waals surface area contributed by atoms with Crippen molar-refractivity contribution in [3.8, 4) is 0 Å². The van der Waals surface area contributed by atoms with Gasteiger partial charge in [0.1, 0.15) is 5.01 Å². The number of benzene rings is 3. The highest BCUT2D eigenvalue weighted by Crippen LogP contribution is 2.32. The van der Waals surface area contributed by atoms with Crippen LogP contribution in [0.15, 0.2) is 83.8 Å². The summed E-state index contributed by atoms with van der Waals surface area (Å²) < 4.78 is 27.5. The van der Waals surface area contributed by atoms with E-state index < -0.39 is 21.8 Å². The molecule has 2 amide bonds. The second-order valence-corrected chi connectivity index (χ2v) is 11.8. The second-order valence-electron chi connectivity index (χ2n) is 8.89. The fourth-order valence-electron chi connectivity index (χ4n) is 4.21. The van der Waals surface area contributed by atoms with Crippen molar-refractivity contribution in [2.24, 2.45) is 0 Å². The predicted octanol–water partition coefficient (Wildman–Crippen LogP) is 4.39. The fraction of sp³-hybridized carbons (Fsp3) is 0.185. The van der Waals surface area contributed by atoms with Crippen LogP contribution in [0.25, 0.3) is 0 Å². The minimum absolute atomic E-state index is 0.0656. The van der Waals surface area contributed by atoms with Gasteiger partial charge in [-0.1, -0.05) is 77.6 Å². The van der Waals surface area contributed by atoms with Gasteiger partial charge in [-0.25, -0.2) is 12.7 Å². The lowest BCUT2D eigenvalue weighted by Crippen LogP contribution is -2.32. The van der Waals surface area contributed by atoms with E-state index in [0.29, 0.717) is 11.6 Å². The predicted molar refractivity (Wildman–Crippen MR) is 141 cm³/mol. The van der Waals surface area contributed by atoms with Crippen LogP contribution in [-0.4, -0.2) is 41.3 Å². The summed E-state index contributed by atoms with van der Waals surface area (Å²) in [5, 5.41) is 11.9. The van der Waals surface area contributed by atoms with Crippen LogP contribution >= 0.6 is 11.3 Å². The maximum atomic E-state index is 13.3. The zero-order valence-corrected chi connectivity index (χ0v) is 21.6. The van der Waals surface area contributed by atoms with Crippen molar-refractivity contribution >= 4 is 38.3 Å². The number of sulfonamides is 1. The normalized spacial score (nSPS) is 15.6. The van der Waals surface area contributed by atoms with E-state index in [0.717, 1.165) is 20.4 Å². The monoisotopic (exact) mass is 532 g/mol. The van der Waals surface area contributed by atoms with E-state index in [4.69, 9.17) is 0 Å². The molecule has 4 aromatic rings. The SMILES string of the molecule is Cc1ccc(Cc2nnc(NC(=O)c3cccc(S(=O)(=O)N4CC(c5ccccc5)CC4=O)c3)s2)cc1. The Labute approximate surface area is 219 Å². The molecule has 1 fully saturated rings. The first-order chi connectivity index (χ1) is 17.8. The quantitative estimate of drug-likeness (QED) is 0.378. The van der Waals surface area contributed by atoms with Crippen molar-refractivity contribution in [2.75, 3.05) is 11.9 Å². The number of carbonyl (C=O) groups excluding carboxylic acids is 2. The molecule has 5 rings (SSSR count). The average Bonchev–Trinajstić information content (AvgIpc) is 3.52. The number of carbonyl (C=O) groups is 2. The van der Waals surface area contributed by atoms with Crippen molar-refractivity contribution < 1.29 is 18.0 Å². The number of aryl methyl sites for hydroxylation is 1. The molecule has 1 N–H and O–H groups in total. The van der Waals surface area contributed by atoms with Crippen LogP contribution in [0.3, 0.4) is 0 Å². The lowest BCUT2D eigenvalue weighted by molar-refractivity contribution is -0.123. The van der Waals surface area contributed by atoms with E-state index in [1.807, 2.05) is 61.5 Å². The van der Waals surface area contributed by atoms with Crippen LogP contribution < -0.4 is 5.32 Å². The summed E-state index contributed by atoms with van der Waals surface area (Å²) in [5.74, 6) is -1.18.